The minimum Gasteiger partial charge on any atom is -0.338 e. The van der Waals surface area contributed by atoms with E-state index in [1.807, 2.05) is 30.8 Å². The summed E-state index contributed by atoms with van der Waals surface area (Å²) in [6.45, 7) is 13.9. The van der Waals surface area contributed by atoms with Crippen LogP contribution in [0.3, 0.4) is 0 Å². The van der Waals surface area contributed by atoms with Crippen LogP contribution in [-0.2, 0) is 0 Å². The van der Waals surface area contributed by atoms with Crippen LogP contribution in [0.1, 0.15) is 25.2 Å². The Balaban J connectivity index is 1.73. The third-order valence-corrected chi connectivity index (χ3v) is 4.13. The molecular weight excluding hydrogens is 288 g/mol. The first-order chi connectivity index (χ1) is 11.0. The van der Waals surface area contributed by atoms with E-state index in [-0.39, 0.29) is 0 Å². The first-order valence-corrected chi connectivity index (χ1v) is 8.37. The summed E-state index contributed by atoms with van der Waals surface area (Å²) in [5.74, 6) is 2.36. The van der Waals surface area contributed by atoms with Gasteiger partial charge in [-0.05, 0) is 25.8 Å². The molecule has 0 aliphatic carbocycles. The molecule has 0 amide bonds. The number of nitrogens with zero attached hydrogens (tertiary/aromatic N) is 6. The Morgan fingerprint density at radius 1 is 1.13 bits per heavy atom. The van der Waals surface area contributed by atoms with Gasteiger partial charge in [0.05, 0.1) is 5.69 Å². The number of hydrogen-bond acceptors (Lipinski definition) is 5. The molecule has 0 saturated carbocycles. The predicted octanol–water partition coefficient (Wildman–Crippen LogP) is 2.06. The molecule has 0 radical (unpaired) electrons. The highest BCUT2D eigenvalue weighted by Gasteiger charge is 2.20. The van der Waals surface area contributed by atoms with Crippen molar-refractivity contribution in [2.24, 2.45) is 5.92 Å². The third kappa shape index (κ3) is 3.69. The van der Waals surface area contributed by atoms with Crippen LogP contribution in [-0.4, -0.2) is 57.4 Å². The van der Waals surface area contributed by atoms with E-state index in [4.69, 9.17) is 4.98 Å². The average molecular weight is 314 g/mol. The van der Waals surface area contributed by atoms with Crippen molar-refractivity contribution in [3.05, 3.63) is 29.7 Å². The summed E-state index contributed by atoms with van der Waals surface area (Å²) in [4.78, 5) is 14.0. The largest absolute Gasteiger partial charge is 0.338 e. The minimum absolute atomic E-state index is 0.715. The molecule has 6 nitrogen and oxygen atoms in total. The number of rotatable bonds is 4. The molecule has 6 heteroatoms. The molecule has 1 fully saturated rings. The molecule has 124 valence electrons. The maximum Gasteiger partial charge on any atom is 0.227 e. The molecule has 0 atom stereocenters. The summed E-state index contributed by atoms with van der Waals surface area (Å²) in [6, 6.07) is 3.98. The van der Waals surface area contributed by atoms with Gasteiger partial charge in [-0.25, -0.2) is 9.67 Å². The molecule has 0 aromatic carbocycles. The molecule has 1 saturated heterocycles. The van der Waals surface area contributed by atoms with Gasteiger partial charge < -0.3 is 4.90 Å². The lowest BCUT2D eigenvalue weighted by molar-refractivity contribution is 0.230. The lowest BCUT2D eigenvalue weighted by atomic mass is 10.2. The molecule has 0 spiro atoms. The van der Waals surface area contributed by atoms with Crippen LogP contribution >= 0.6 is 0 Å². The van der Waals surface area contributed by atoms with Gasteiger partial charge in [0, 0.05) is 50.7 Å². The molecule has 23 heavy (non-hydrogen) atoms. The highest BCUT2D eigenvalue weighted by molar-refractivity contribution is 5.36. The Kier molecular flexibility index (Phi) is 4.61. The molecule has 3 rings (SSSR count). The molecule has 0 unspecified atom stereocenters. The fraction of sp³-hybridized carbons (Fsp3) is 0.588. The van der Waals surface area contributed by atoms with Crippen molar-refractivity contribution in [2.75, 3.05) is 37.6 Å². The Morgan fingerprint density at radius 2 is 1.87 bits per heavy atom. The van der Waals surface area contributed by atoms with E-state index in [9.17, 15) is 0 Å². The lowest BCUT2D eigenvalue weighted by Gasteiger charge is -2.35. The van der Waals surface area contributed by atoms with E-state index in [1.165, 1.54) is 6.54 Å². The second-order valence-electron chi connectivity index (χ2n) is 6.74. The zero-order chi connectivity index (χ0) is 16.4. The van der Waals surface area contributed by atoms with Gasteiger partial charge in [0.1, 0.15) is 0 Å². The van der Waals surface area contributed by atoms with E-state index in [0.717, 1.165) is 49.3 Å². The van der Waals surface area contributed by atoms with E-state index in [0.29, 0.717) is 5.92 Å². The molecular formula is C17H26N6. The first-order valence-electron chi connectivity index (χ1n) is 8.37. The number of aryl methyl sites for hydroxylation is 2. The topological polar surface area (TPSA) is 50.1 Å². The Morgan fingerprint density at radius 3 is 2.48 bits per heavy atom. The number of piperazine rings is 1. The van der Waals surface area contributed by atoms with Crippen molar-refractivity contribution in [3.63, 3.8) is 0 Å². The van der Waals surface area contributed by atoms with Gasteiger partial charge in [-0.2, -0.15) is 10.1 Å². The van der Waals surface area contributed by atoms with Gasteiger partial charge in [-0.15, -0.1) is 0 Å². The van der Waals surface area contributed by atoms with Crippen LogP contribution < -0.4 is 4.90 Å². The SMILES string of the molecule is Cc1cc(C)n(-c2ccnc(N3CCN(CC(C)C)CC3)n2)n1. The second-order valence-corrected chi connectivity index (χ2v) is 6.74. The molecule has 1 aliphatic rings. The summed E-state index contributed by atoms with van der Waals surface area (Å²) in [5.41, 5.74) is 2.10. The number of anilines is 1. The maximum absolute atomic E-state index is 4.72. The molecule has 0 bridgehead atoms. The summed E-state index contributed by atoms with van der Waals surface area (Å²) in [5, 5.41) is 4.51. The van der Waals surface area contributed by atoms with Crippen LogP contribution in [0.15, 0.2) is 18.3 Å². The van der Waals surface area contributed by atoms with Crippen molar-refractivity contribution in [1.29, 1.82) is 0 Å². The molecule has 2 aromatic heterocycles. The Hall–Kier alpha value is -1.95. The molecule has 1 aliphatic heterocycles. The maximum atomic E-state index is 4.72. The monoisotopic (exact) mass is 314 g/mol. The first kappa shape index (κ1) is 15.9. The summed E-state index contributed by atoms with van der Waals surface area (Å²) >= 11 is 0. The van der Waals surface area contributed by atoms with Crippen LogP contribution in [0.4, 0.5) is 5.95 Å². The van der Waals surface area contributed by atoms with Crippen molar-refractivity contribution in [3.8, 4) is 5.82 Å². The quantitative estimate of drug-likeness (QED) is 0.864. The Bertz CT molecular complexity index is 655. The highest BCUT2D eigenvalue weighted by atomic mass is 15.4. The van der Waals surface area contributed by atoms with E-state index >= 15 is 0 Å². The standard InChI is InChI=1S/C17H26N6/c1-13(2)12-21-7-9-22(10-8-21)17-18-6-5-16(19-17)23-15(4)11-14(3)20-23/h5-6,11,13H,7-10,12H2,1-4H3. The zero-order valence-electron chi connectivity index (χ0n) is 14.5. The summed E-state index contributed by atoms with van der Waals surface area (Å²) in [7, 11) is 0. The Labute approximate surface area is 138 Å². The van der Waals surface area contributed by atoms with Crippen LogP contribution in [0, 0.1) is 19.8 Å². The van der Waals surface area contributed by atoms with E-state index in [1.54, 1.807) is 0 Å². The highest BCUT2D eigenvalue weighted by Crippen LogP contribution is 2.15. The predicted molar refractivity (Wildman–Crippen MR) is 92.1 cm³/mol. The molecule has 0 N–H and O–H groups in total. The van der Waals surface area contributed by atoms with Gasteiger partial charge in [-0.3, -0.25) is 4.90 Å². The summed E-state index contributed by atoms with van der Waals surface area (Å²) in [6.07, 6.45) is 1.83. The van der Waals surface area contributed by atoms with Crippen LogP contribution in [0.5, 0.6) is 0 Å². The normalized spacial score (nSPS) is 16.3. The third-order valence-electron chi connectivity index (χ3n) is 4.13. The van der Waals surface area contributed by atoms with E-state index in [2.05, 4.69) is 39.8 Å². The zero-order valence-corrected chi connectivity index (χ0v) is 14.5. The average Bonchev–Trinajstić information content (AvgIpc) is 2.86. The van der Waals surface area contributed by atoms with Gasteiger partial charge in [0.15, 0.2) is 5.82 Å². The van der Waals surface area contributed by atoms with Gasteiger partial charge in [0.25, 0.3) is 0 Å². The number of hydrogen-bond donors (Lipinski definition) is 0. The van der Waals surface area contributed by atoms with Crippen molar-refractivity contribution in [1.82, 2.24) is 24.6 Å². The van der Waals surface area contributed by atoms with Gasteiger partial charge in [0.2, 0.25) is 5.95 Å². The fourth-order valence-corrected chi connectivity index (χ4v) is 3.12. The van der Waals surface area contributed by atoms with Crippen LogP contribution in [0.25, 0.3) is 5.82 Å². The van der Waals surface area contributed by atoms with Gasteiger partial charge in [-0.1, -0.05) is 13.8 Å². The fourth-order valence-electron chi connectivity index (χ4n) is 3.12. The molecule has 3 heterocycles. The summed E-state index contributed by atoms with van der Waals surface area (Å²) < 4.78 is 1.88. The van der Waals surface area contributed by atoms with E-state index < -0.39 is 0 Å². The smallest absolute Gasteiger partial charge is 0.227 e. The van der Waals surface area contributed by atoms with Crippen molar-refractivity contribution >= 4 is 5.95 Å². The number of aromatic nitrogens is 4. The molecule has 2 aromatic rings. The van der Waals surface area contributed by atoms with Gasteiger partial charge >= 0.3 is 0 Å². The minimum atomic E-state index is 0.715. The lowest BCUT2D eigenvalue weighted by Crippen LogP contribution is -2.48. The van der Waals surface area contributed by atoms with Crippen LogP contribution in [0.2, 0.25) is 0 Å². The second kappa shape index (κ2) is 6.66. The van der Waals surface area contributed by atoms with Crippen molar-refractivity contribution in [2.45, 2.75) is 27.7 Å². The van der Waals surface area contributed by atoms with Crippen molar-refractivity contribution < 1.29 is 0 Å².